The number of anilines is 2. The third-order valence-electron chi connectivity index (χ3n) is 2.95. The summed E-state index contributed by atoms with van der Waals surface area (Å²) in [5.74, 6) is -0.138. The van der Waals surface area contributed by atoms with Crippen LogP contribution < -0.4 is 10.6 Å². The Morgan fingerprint density at radius 3 is 2.45 bits per heavy atom. The number of nitrogens with zero attached hydrogens (tertiary/aromatic N) is 2. The SMILES string of the molecule is O=C(Nc1ccc(NC2CC2)nn1)c1ccccc1F. The van der Waals surface area contributed by atoms with E-state index in [0.717, 1.165) is 12.8 Å². The minimum atomic E-state index is -0.565. The minimum absolute atomic E-state index is 0.0190. The monoisotopic (exact) mass is 272 g/mol. The standard InChI is InChI=1S/C14H13FN4O/c15-11-4-2-1-3-10(11)14(20)17-13-8-7-12(18-19-13)16-9-5-6-9/h1-4,7-9H,5-6H2,(H,16,18)(H,17,19,20). The third-order valence-corrected chi connectivity index (χ3v) is 2.95. The van der Waals surface area contributed by atoms with Crippen LogP contribution in [0.25, 0.3) is 0 Å². The van der Waals surface area contributed by atoms with E-state index in [0.29, 0.717) is 17.7 Å². The summed E-state index contributed by atoms with van der Waals surface area (Å²) in [6.07, 6.45) is 2.29. The quantitative estimate of drug-likeness (QED) is 0.897. The Morgan fingerprint density at radius 1 is 1.10 bits per heavy atom. The number of amides is 1. The molecule has 3 rings (SSSR count). The Labute approximate surface area is 115 Å². The van der Waals surface area contributed by atoms with E-state index in [9.17, 15) is 9.18 Å². The number of halogens is 1. The second-order valence-corrected chi connectivity index (χ2v) is 4.66. The zero-order chi connectivity index (χ0) is 13.9. The fourth-order valence-corrected chi connectivity index (χ4v) is 1.74. The highest BCUT2D eigenvalue weighted by atomic mass is 19.1. The minimum Gasteiger partial charge on any atom is -0.366 e. The summed E-state index contributed by atoms with van der Waals surface area (Å²) < 4.78 is 13.5. The average molecular weight is 272 g/mol. The van der Waals surface area contributed by atoms with Gasteiger partial charge in [-0.15, -0.1) is 10.2 Å². The van der Waals surface area contributed by atoms with Gasteiger partial charge in [-0.1, -0.05) is 12.1 Å². The number of hydrogen-bond acceptors (Lipinski definition) is 4. The van der Waals surface area contributed by atoms with E-state index >= 15 is 0 Å². The molecule has 6 heteroatoms. The van der Waals surface area contributed by atoms with Crippen molar-refractivity contribution in [2.75, 3.05) is 10.6 Å². The number of aromatic nitrogens is 2. The lowest BCUT2D eigenvalue weighted by atomic mass is 10.2. The van der Waals surface area contributed by atoms with Crippen molar-refractivity contribution >= 4 is 17.5 Å². The fraction of sp³-hybridized carbons (Fsp3) is 0.214. The number of hydrogen-bond donors (Lipinski definition) is 2. The Bertz CT molecular complexity index is 625. The first-order chi connectivity index (χ1) is 9.72. The van der Waals surface area contributed by atoms with Gasteiger partial charge in [-0.3, -0.25) is 4.79 Å². The predicted octanol–water partition coefficient (Wildman–Crippen LogP) is 2.44. The number of benzene rings is 1. The fourth-order valence-electron chi connectivity index (χ4n) is 1.74. The van der Waals surface area contributed by atoms with Gasteiger partial charge in [-0.25, -0.2) is 4.39 Å². The van der Waals surface area contributed by atoms with Crippen molar-refractivity contribution in [3.05, 3.63) is 47.8 Å². The summed E-state index contributed by atoms with van der Waals surface area (Å²) in [6.45, 7) is 0. The molecule has 1 aromatic heterocycles. The lowest BCUT2D eigenvalue weighted by molar-refractivity contribution is 0.102. The second-order valence-electron chi connectivity index (χ2n) is 4.66. The van der Waals surface area contributed by atoms with Gasteiger partial charge in [0, 0.05) is 6.04 Å². The largest absolute Gasteiger partial charge is 0.366 e. The maximum Gasteiger partial charge on any atom is 0.259 e. The van der Waals surface area contributed by atoms with Crippen molar-refractivity contribution in [3.63, 3.8) is 0 Å². The van der Waals surface area contributed by atoms with Gasteiger partial charge in [-0.05, 0) is 37.1 Å². The number of nitrogens with one attached hydrogen (secondary N) is 2. The summed E-state index contributed by atoms with van der Waals surface area (Å²) in [5, 5.41) is 13.6. The van der Waals surface area contributed by atoms with Crippen LogP contribution in [-0.4, -0.2) is 22.1 Å². The van der Waals surface area contributed by atoms with Crippen LogP contribution in [0.3, 0.4) is 0 Å². The molecule has 5 nitrogen and oxygen atoms in total. The second kappa shape index (κ2) is 5.24. The molecule has 1 saturated carbocycles. The molecule has 0 unspecified atom stereocenters. The highest BCUT2D eigenvalue weighted by Gasteiger charge is 2.21. The van der Waals surface area contributed by atoms with Crippen molar-refractivity contribution in [1.29, 1.82) is 0 Å². The van der Waals surface area contributed by atoms with E-state index < -0.39 is 11.7 Å². The molecule has 0 spiro atoms. The van der Waals surface area contributed by atoms with Crippen LogP contribution in [0.1, 0.15) is 23.2 Å². The molecule has 1 fully saturated rings. The Morgan fingerprint density at radius 2 is 1.80 bits per heavy atom. The molecule has 1 heterocycles. The van der Waals surface area contributed by atoms with Crippen molar-refractivity contribution in [2.24, 2.45) is 0 Å². The molecule has 0 radical (unpaired) electrons. The highest BCUT2D eigenvalue weighted by molar-refractivity contribution is 6.03. The summed E-state index contributed by atoms with van der Waals surface area (Å²) in [7, 11) is 0. The molecule has 0 atom stereocenters. The molecule has 20 heavy (non-hydrogen) atoms. The van der Waals surface area contributed by atoms with E-state index in [4.69, 9.17) is 0 Å². The van der Waals surface area contributed by atoms with Gasteiger partial charge in [-0.2, -0.15) is 0 Å². The van der Waals surface area contributed by atoms with Crippen LogP contribution in [0.4, 0.5) is 16.0 Å². The Kier molecular flexibility index (Phi) is 3.28. The summed E-state index contributed by atoms with van der Waals surface area (Å²) in [5.41, 5.74) is -0.0190. The van der Waals surface area contributed by atoms with Gasteiger partial charge < -0.3 is 10.6 Å². The first-order valence-corrected chi connectivity index (χ1v) is 6.38. The van der Waals surface area contributed by atoms with E-state index in [2.05, 4.69) is 20.8 Å². The predicted molar refractivity (Wildman–Crippen MR) is 73.0 cm³/mol. The molecule has 0 saturated heterocycles. The zero-order valence-electron chi connectivity index (χ0n) is 10.6. The van der Waals surface area contributed by atoms with Crippen molar-refractivity contribution in [2.45, 2.75) is 18.9 Å². The molecular weight excluding hydrogens is 259 g/mol. The van der Waals surface area contributed by atoms with Crippen LogP contribution in [0.15, 0.2) is 36.4 Å². The first-order valence-electron chi connectivity index (χ1n) is 6.38. The molecule has 1 aliphatic rings. The average Bonchev–Trinajstić information content (AvgIpc) is 3.25. The number of rotatable bonds is 4. The van der Waals surface area contributed by atoms with Crippen molar-refractivity contribution in [1.82, 2.24) is 10.2 Å². The van der Waals surface area contributed by atoms with Gasteiger partial charge in [0.1, 0.15) is 11.6 Å². The van der Waals surface area contributed by atoms with E-state index in [-0.39, 0.29) is 5.56 Å². The van der Waals surface area contributed by atoms with Crippen LogP contribution in [-0.2, 0) is 0 Å². The lowest BCUT2D eigenvalue weighted by Gasteiger charge is -2.06. The maximum absolute atomic E-state index is 13.5. The molecular formula is C14H13FN4O. The Balaban J connectivity index is 1.67. The molecule has 0 aliphatic heterocycles. The molecule has 1 aromatic carbocycles. The van der Waals surface area contributed by atoms with E-state index in [1.807, 2.05) is 0 Å². The van der Waals surface area contributed by atoms with E-state index in [1.54, 1.807) is 18.2 Å². The molecule has 2 N–H and O–H groups in total. The molecule has 2 aromatic rings. The zero-order valence-corrected chi connectivity index (χ0v) is 10.6. The number of carbonyl (C=O) groups is 1. The summed E-state index contributed by atoms with van der Waals surface area (Å²) in [6, 6.07) is 9.66. The van der Waals surface area contributed by atoms with Crippen LogP contribution in [0.2, 0.25) is 0 Å². The smallest absolute Gasteiger partial charge is 0.259 e. The van der Waals surface area contributed by atoms with Crippen LogP contribution in [0, 0.1) is 5.82 Å². The Hall–Kier alpha value is -2.50. The highest BCUT2D eigenvalue weighted by Crippen LogP contribution is 2.23. The van der Waals surface area contributed by atoms with Crippen molar-refractivity contribution < 1.29 is 9.18 Å². The molecule has 1 amide bonds. The molecule has 0 bridgehead atoms. The van der Waals surface area contributed by atoms with Gasteiger partial charge in [0.2, 0.25) is 0 Å². The lowest BCUT2D eigenvalue weighted by Crippen LogP contribution is -2.15. The van der Waals surface area contributed by atoms with Crippen LogP contribution >= 0.6 is 0 Å². The van der Waals surface area contributed by atoms with Gasteiger partial charge >= 0.3 is 0 Å². The van der Waals surface area contributed by atoms with Gasteiger partial charge in [0.25, 0.3) is 5.91 Å². The first kappa shape index (κ1) is 12.5. The van der Waals surface area contributed by atoms with Crippen molar-refractivity contribution in [3.8, 4) is 0 Å². The molecule has 1 aliphatic carbocycles. The molecule has 102 valence electrons. The summed E-state index contributed by atoms with van der Waals surface area (Å²) in [4.78, 5) is 11.9. The maximum atomic E-state index is 13.5. The number of carbonyl (C=O) groups excluding carboxylic acids is 1. The topological polar surface area (TPSA) is 66.9 Å². The van der Waals surface area contributed by atoms with E-state index in [1.165, 1.54) is 18.2 Å². The van der Waals surface area contributed by atoms with Crippen LogP contribution in [0.5, 0.6) is 0 Å². The normalized spacial score (nSPS) is 13.8. The third kappa shape index (κ3) is 2.90. The summed E-state index contributed by atoms with van der Waals surface area (Å²) >= 11 is 0. The van der Waals surface area contributed by atoms with Gasteiger partial charge in [0.15, 0.2) is 5.82 Å². The van der Waals surface area contributed by atoms with Gasteiger partial charge in [0.05, 0.1) is 5.56 Å².